The zero-order chi connectivity index (χ0) is 21.2. The molecule has 8 N–H and O–H groups in total. The summed E-state index contributed by atoms with van der Waals surface area (Å²) in [6.07, 6.45) is -0.306. The van der Waals surface area contributed by atoms with Crippen LogP contribution in [-0.2, 0) is 20.6 Å². The number of phenolic OH excluding ortho intramolecular Hbond substituents is 1. The van der Waals surface area contributed by atoms with Gasteiger partial charge in [0.25, 0.3) is 5.91 Å². The molecule has 1 aromatic rings. The van der Waals surface area contributed by atoms with Gasteiger partial charge in [0.05, 0.1) is 6.04 Å². The van der Waals surface area contributed by atoms with Gasteiger partial charge >= 0.3 is 13.8 Å². The van der Waals surface area contributed by atoms with Crippen molar-refractivity contribution >= 4 is 19.7 Å². The maximum atomic E-state index is 12.4. The van der Waals surface area contributed by atoms with Crippen molar-refractivity contribution in [2.24, 2.45) is 17.5 Å². The lowest BCUT2D eigenvalue weighted by atomic mass is 9.90. The van der Waals surface area contributed by atoms with Crippen LogP contribution in [0, 0.1) is 5.92 Å². The summed E-state index contributed by atoms with van der Waals surface area (Å²) in [7, 11) is -4.88. The van der Waals surface area contributed by atoms with Crippen LogP contribution in [0.3, 0.4) is 0 Å². The average Bonchev–Trinajstić information content (AvgIpc) is 2.53. The van der Waals surface area contributed by atoms with Gasteiger partial charge in [0.2, 0.25) is 0 Å². The molecule has 12 heteroatoms. The summed E-state index contributed by atoms with van der Waals surface area (Å²) in [6.45, 7) is 4.59. The number of aliphatic carboxylic acids is 1. The zero-order valence-electron chi connectivity index (χ0n) is 15.1. The van der Waals surface area contributed by atoms with E-state index in [0.717, 1.165) is 12.1 Å². The first-order chi connectivity index (χ1) is 12.2. The molecule has 0 fully saturated rings. The number of carboxylic acid groups (broad SMARTS) is 1. The highest BCUT2D eigenvalue weighted by Gasteiger charge is 2.43. The fourth-order valence-electron chi connectivity index (χ4n) is 2.23. The molecular formula is C15H24N3O8P. The second kappa shape index (κ2) is 8.24. The summed E-state index contributed by atoms with van der Waals surface area (Å²) in [4.78, 5) is 41.7. The minimum Gasteiger partial charge on any atom is -0.504 e. The van der Waals surface area contributed by atoms with E-state index in [1.54, 1.807) is 13.8 Å². The number of phosphoric acid groups is 1. The molecule has 0 spiro atoms. The first-order valence-corrected chi connectivity index (χ1v) is 9.37. The Morgan fingerprint density at radius 1 is 1.33 bits per heavy atom. The number of hydrazine groups is 1. The molecule has 152 valence electrons. The molecule has 1 amide bonds. The van der Waals surface area contributed by atoms with Gasteiger partial charge in [-0.25, -0.2) is 15.2 Å². The van der Waals surface area contributed by atoms with Crippen LogP contribution in [0.1, 0.15) is 26.3 Å². The Balaban J connectivity index is 3.16. The number of nitrogens with two attached hydrogens (primary N) is 2. The maximum Gasteiger partial charge on any atom is 0.524 e. The van der Waals surface area contributed by atoms with Gasteiger partial charge in [-0.05, 0) is 30.5 Å². The fourth-order valence-corrected chi connectivity index (χ4v) is 2.64. The van der Waals surface area contributed by atoms with Gasteiger partial charge in [0.15, 0.2) is 17.0 Å². The van der Waals surface area contributed by atoms with E-state index in [-0.39, 0.29) is 17.9 Å². The molecule has 1 unspecified atom stereocenters. The van der Waals surface area contributed by atoms with Crippen LogP contribution in [-0.4, -0.2) is 48.5 Å². The standard InChI is InChI=1S/C15H24N3O8P/c1-8(2)12(16)13(20)18(17)15(3,14(21)22)7-9-4-5-11(10(19)6-9)26-27(23,24)25/h4-6,8,12,19H,7,16-17H2,1-3H3,(H,21,22)(H2,23,24,25)/t12-,15?/m0/s1. The molecule has 0 aliphatic rings. The third-order valence-corrected chi connectivity index (χ3v) is 4.46. The Morgan fingerprint density at radius 3 is 2.30 bits per heavy atom. The van der Waals surface area contributed by atoms with Crippen molar-refractivity contribution in [3.8, 4) is 11.5 Å². The molecule has 0 aliphatic carbocycles. The summed E-state index contributed by atoms with van der Waals surface area (Å²) in [5.74, 6) is 2.24. The van der Waals surface area contributed by atoms with E-state index in [1.165, 1.54) is 13.0 Å². The number of phosphoric ester groups is 1. The quantitative estimate of drug-likeness (QED) is 0.147. The van der Waals surface area contributed by atoms with E-state index in [2.05, 4.69) is 4.52 Å². The molecule has 1 rings (SSSR count). The van der Waals surface area contributed by atoms with Gasteiger partial charge in [-0.3, -0.25) is 19.6 Å². The van der Waals surface area contributed by atoms with Crippen molar-refractivity contribution in [1.29, 1.82) is 0 Å². The molecular weight excluding hydrogens is 381 g/mol. The maximum absolute atomic E-state index is 12.4. The minimum atomic E-state index is -4.88. The van der Waals surface area contributed by atoms with Crippen LogP contribution in [0.2, 0.25) is 0 Å². The van der Waals surface area contributed by atoms with Gasteiger partial charge in [-0.2, -0.15) is 0 Å². The fraction of sp³-hybridized carbons (Fsp3) is 0.467. The normalized spacial score (nSPS) is 15.1. The number of carbonyl (C=O) groups excluding carboxylic acids is 1. The van der Waals surface area contributed by atoms with Gasteiger partial charge < -0.3 is 20.5 Å². The smallest absolute Gasteiger partial charge is 0.504 e. The molecule has 27 heavy (non-hydrogen) atoms. The second-order valence-corrected chi connectivity index (χ2v) is 7.78. The largest absolute Gasteiger partial charge is 0.524 e. The van der Waals surface area contributed by atoms with E-state index >= 15 is 0 Å². The highest BCUT2D eigenvalue weighted by molar-refractivity contribution is 7.46. The predicted molar refractivity (Wildman–Crippen MR) is 94.4 cm³/mol. The highest BCUT2D eigenvalue weighted by Crippen LogP contribution is 2.42. The first kappa shape index (κ1) is 22.9. The van der Waals surface area contributed by atoms with Gasteiger partial charge in [-0.1, -0.05) is 19.9 Å². The lowest BCUT2D eigenvalue weighted by Gasteiger charge is -2.36. The Labute approximate surface area is 155 Å². The average molecular weight is 405 g/mol. The Hall–Kier alpha value is -2.17. The highest BCUT2D eigenvalue weighted by atomic mass is 31.2. The van der Waals surface area contributed by atoms with Crippen molar-refractivity contribution in [3.63, 3.8) is 0 Å². The molecule has 1 aromatic carbocycles. The van der Waals surface area contributed by atoms with Gasteiger partial charge in [0, 0.05) is 6.42 Å². The summed E-state index contributed by atoms with van der Waals surface area (Å²) in [5, 5.41) is 20.0. The molecule has 11 nitrogen and oxygen atoms in total. The van der Waals surface area contributed by atoms with Crippen molar-refractivity contribution in [2.75, 3.05) is 0 Å². The first-order valence-electron chi connectivity index (χ1n) is 7.84. The summed E-state index contributed by atoms with van der Waals surface area (Å²) in [5.41, 5.74) is 4.11. The Kier molecular flexibility index (Phi) is 6.98. The number of rotatable bonds is 8. The molecule has 0 saturated heterocycles. The van der Waals surface area contributed by atoms with E-state index in [9.17, 15) is 24.4 Å². The van der Waals surface area contributed by atoms with Crippen molar-refractivity contribution in [3.05, 3.63) is 23.8 Å². The van der Waals surface area contributed by atoms with E-state index in [4.69, 9.17) is 21.4 Å². The van der Waals surface area contributed by atoms with Gasteiger partial charge in [-0.15, -0.1) is 0 Å². The number of carbonyl (C=O) groups is 2. The zero-order valence-corrected chi connectivity index (χ0v) is 16.0. The minimum absolute atomic E-state index is 0.233. The van der Waals surface area contributed by atoms with E-state index < -0.39 is 42.8 Å². The molecule has 0 bridgehead atoms. The SMILES string of the molecule is CC(C)[C@H](N)C(=O)N(N)C(C)(Cc1ccc(OP(=O)(O)O)c(O)c1)C(=O)O. The predicted octanol–water partition coefficient (Wildman–Crippen LogP) is -0.0649. The van der Waals surface area contributed by atoms with Crippen molar-refractivity contribution in [2.45, 2.75) is 38.8 Å². The summed E-state index contributed by atoms with van der Waals surface area (Å²) >= 11 is 0. The number of hydrogen-bond donors (Lipinski definition) is 6. The van der Waals surface area contributed by atoms with Crippen LogP contribution < -0.4 is 16.1 Å². The molecule has 0 aromatic heterocycles. The number of aromatic hydroxyl groups is 1. The number of phenols is 1. The van der Waals surface area contributed by atoms with Crippen LogP contribution in [0.4, 0.5) is 0 Å². The van der Waals surface area contributed by atoms with E-state index in [1.807, 2.05) is 0 Å². The molecule has 0 saturated carbocycles. The summed E-state index contributed by atoms with van der Waals surface area (Å²) < 4.78 is 15.2. The topological polar surface area (TPSA) is 197 Å². The van der Waals surface area contributed by atoms with Gasteiger partial charge in [0.1, 0.15) is 0 Å². The number of benzene rings is 1. The Bertz CT molecular complexity index is 765. The lowest BCUT2D eigenvalue weighted by Crippen LogP contribution is -2.63. The third-order valence-electron chi connectivity index (χ3n) is 4.02. The third kappa shape index (κ3) is 5.65. The molecule has 0 aliphatic heterocycles. The molecule has 0 radical (unpaired) electrons. The number of nitrogens with zero attached hydrogens (tertiary/aromatic N) is 1. The number of hydrogen-bond acceptors (Lipinski definition) is 7. The van der Waals surface area contributed by atoms with Crippen LogP contribution in [0.5, 0.6) is 11.5 Å². The number of carboxylic acids is 1. The number of amides is 1. The van der Waals surface area contributed by atoms with Crippen LogP contribution in [0.25, 0.3) is 0 Å². The monoisotopic (exact) mass is 405 g/mol. The molecule has 2 atom stereocenters. The lowest BCUT2D eigenvalue weighted by molar-refractivity contribution is -0.159. The van der Waals surface area contributed by atoms with E-state index in [0.29, 0.717) is 5.01 Å². The van der Waals surface area contributed by atoms with Crippen molar-refractivity contribution in [1.82, 2.24) is 5.01 Å². The van der Waals surface area contributed by atoms with Crippen LogP contribution >= 0.6 is 7.82 Å². The van der Waals surface area contributed by atoms with Crippen molar-refractivity contribution < 1.29 is 38.7 Å². The molecule has 0 heterocycles. The summed E-state index contributed by atoms with van der Waals surface area (Å²) in [6, 6.07) is 2.41. The second-order valence-electron chi connectivity index (χ2n) is 6.62. The van der Waals surface area contributed by atoms with Crippen LogP contribution in [0.15, 0.2) is 18.2 Å². The Morgan fingerprint density at radius 2 is 1.89 bits per heavy atom.